The van der Waals surface area contributed by atoms with E-state index in [1.807, 2.05) is 17.3 Å². The molecule has 1 aromatic carbocycles. The summed E-state index contributed by atoms with van der Waals surface area (Å²) in [4.78, 5) is 7.44. The van der Waals surface area contributed by atoms with Gasteiger partial charge in [0, 0.05) is 29.6 Å². The first-order valence-electron chi connectivity index (χ1n) is 7.30. The Labute approximate surface area is 132 Å². The minimum atomic E-state index is -0.504. The molecule has 0 amide bonds. The van der Waals surface area contributed by atoms with Gasteiger partial charge in [-0.3, -0.25) is 4.90 Å². The molecule has 0 aliphatic carbocycles. The van der Waals surface area contributed by atoms with Crippen LogP contribution in [-0.2, 0) is 6.42 Å². The third-order valence-electron chi connectivity index (χ3n) is 4.17. The minimum Gasteiger partial charge on any atom is -0.392 e. The molecule has 2 aromatic rings. The first-order chi connectivity index (χ1) is 10.5. The van der Waals surface area contributed by atoms with Crippen molar-refractivity contribution in [3.63, 3.8) is 0 Å². The number of nitrogens with zero attached hydrogens (tertiary/aromatic N) is 2. The Kier molecular flexibility index (Phi) is 4.52. The summed E-state index contributed by atoms with van der Waals surface area (Å²) in [7, 11) is 0. The number of aromatic nitrogens is 1. The fraction of sp³-hybridized carbons (Fsp3) is 0.438. The number of thiazole rings is 1. The van der Waals surface area contributed by atoms with Crippen LogP contribution in [0, 0.1) is 18.6 Å². The fourth-order valence-electron chi connectivity index (χ4n) is 3.03. The smallest absolute Gasteiger partial charge is 0.128 e. The summed E-state index contributed by atoms with van der Waals surface area (Å²) in [5.41, 5.74) is 3.16. The van der Waals surface area contributed by atoms with E-state index in [0.29, 0.717) is 25.1 Å². The van der Waals surface area contributed by atoms with Crippen LogP contribution < -0.4 is 0 Å². The first kappa shape index (κ1) is 15.5. The zero-order valence-corrected chi connectivity index (χ0v) is 13.1. The standard InChI is InChI=1S/C16H18F2N2OS/c1-10-16(22-9-19-10)4-5-20-8-12(21)7-15(20)13-6-11(17)2-3-14(13)18/h2-3,6,9,12,15,21H,4-5,7-8H2,1H3/t12-,15-/m0/s1. The Morgan fingerprint density at radius 2 is 2.23 bits per heavy atom. The van der Waals surface area contributed by atoms with Crippen molar-refractivity contribution in [2.24, 2.45) is 0 Å². The number of β-amino-alcohol motifs (C(OH)–C–C–N with tert-alkyl or cyclic N) is 1. The van der Waals surface area contributed by atoms with Gasteiger partial charge < -0.3 is 5.11 Å². The molecule has 0 radical (unpaired) electrons. The summed E-state index contributed by atoms with van der Waals surface area (Å²) in [6.45, 7) is 3.15. The number of hydrogen-bond donors (Lipinski definition) is 1. The van der Waals surface area contributed by atoms with Crippen molar-refractivity contribution in [3.05, 3.63) is 51.5 Å². The maximum absolute atomic E-state index is 14.0. The molecule has 0 unspecified atom stereocenters. The first-order valence-corrected chi connectivity index (χ1v) is 8.18. The van der Waals surface area contributed by atoms with E-state index in [1.54, 1.807) is 11.3 Å². The number of benzene rings is 1. The van der Waals surface area contributed by atoms with E-state index in [-0.39, 0.29) is 6.04 Å². The van der Waals surface area contributed by atoms with Crippen molar-refractivity contribution < 1.29 is 13.9 Å². The zero-order valence-electron chi connectivity index (χ0n) is 12.3. The third-order valence-corrected chi connectivity index (χ3v) is 5.16. The van der Waals surface area contributed by atoms with Crippen LogP contribution in [0.3, 0.4) is 0 Å². The lowest BCUT2D eigenvalue weighted by atomic mass is 10.0. The van der Waals surface area contributed by atoms with Gasteiger partial charge in [-0.1, -0.05) is 0 Å². The zero-order chi connectivity index (χ0) is 15.7. The molecule has 2 atom stereocenters. The van der Waals surface area contributed by atoms with Gasteiger partial charge in [0.2, 0.25) is 0 Å². The van der Waals surface area contributed by atoms with Crippen molar-refractivity contribution in [3.8, 4) is 0 Å². The topological polar surface area (TPSA) is 36.4 Å². The highest BCUT2D eigenvalue weighted by molar-refractivity contribution is 7.09. The maximum Gasteiger partial charge on any atom is 0.128 e. The van der Waals surface area contributed by atoms with Crippen molar-refractivity contribution in [1.82, 2.24) is 9.88 Å². The van der Waals surface area contributed by atoms with Crippen molar-refractivity contribution in [2.75, 3.05) is 13.1 Å². The Balaban J connectivity index is 1.77. The van der Waals surface area contributed by atoms with Crippen LogP contribution >= 0.6 is 11.3 Å². The lowest BCUT2D eigenvalue weighted by Crippen LogP contribution is -2.27. The molecular weight excluding hydrogens is 306 g/mol. The van der Waals surface area contributed by atoms with Gasteiger partial charge in [-0.25, -0.2) is 13.8 Å². The van der Waals surface area contributed by atoms with Gasteiger partial charge in [0.15, 0.2) is 0 Å². The highest BCUT2D eigenvalue weighted by Gasteiger charge is 2.33. The molecule has 1 aliphatic heterocycles. The minimum absolute atomic E-state index is 0.279. The number of aliphatic hydroxyl groups is 1. The van der Waals surface area contributed by atoms with Crippen LogP contribution in [-0.4, -0.2) is 34.2 Å². The van der Waals surface area contributed by atoms with E-state index < -0.39 is 17.7 Å². The molecule has 118 valence electrons. The van der Waals surface area contributed by atoms with Gasteiger partial charge in [-0.15, -0.1) is 11.3 Å². The monoisotopic (exact) mass is 324 g/mol. The second-order valence-electron chi connectivity index (χ2n) is 5.68. The number of halogens is 2. The van der Waals surface area contributed by atoms with Crippen LogP contribution in [0.25, 0.3) is 0 Å². The molecule has 1 fully saturated rings. The molecule has 1 aromatic heterocycles. The SMILES string of the molecule is Cc1ncsc1CCN1C[C@@H](O)C[C@H]1c1cc(F)ccc1F. The average molecular weight is 324 g/mol. The molecule has 0 spiro atoms. The van der Waals surface area contributed by atoms with Crippen LogP contribution in [0.1, 0.15) is 28.6 Å². The summed E-state index contributed by atoms with van der Waals surface area (Å²) in [5, 5.41) is 9.94. The molecule has 22 heavy (non-hydrogen) atoms. The predicted molar refractivity (Wildman–Crippen MR) is 81.9 cm³/mol. The normalized spacial score (nSPS) is 22.4. The summed E-state index contributed by atoms with van der Waals surface area (Å²) in [5.74, 6) is -0.865. The van der Waals surface area contributed by atoms with Gasteiger partial charge in [-0.2, -0.15) is 0 Å². The quantitative estimate of drug-likeness (QED) is 0.939. The van der Waals surface area contributed by atoms with Gasteiger partial charge in [0.1, 0.15) is 11.6 Å². The van der Waals surface area contributed by atoms with Gasteiger partial charge >= 0.3 is 0 Å². The van der Waals surface area contributed by atoms with E-state index >= 15 is 0 Å². The molecule has 6 heteroatoms. The number of hydrogen-bond acceptors (Lipinski definition) is 4. The van der Waals surface area contributed by atoms with E-state index in [2.05, 4.69) is 4.98 Å². The highest BCUT2D eigenvalue weighted by atomic mass is 32.1. The average Bonchev–Trinajstić information content (AvgIpc) is 3.05. The van der Waals surface area contributed by atoms with E-state index in [1.165, 1.54) is 10.9 Å². The second-order valence-corrected chi connectivity index (χ2v) is 6.62. The number of rotatable bonds is 4. The Bertz CT molecular complexity index is 661. The number of likely N-dealkylation sites (tertiary alicyclic amines) is 1. The third kappa shape index (κ3) is 3.19. The van der Waals surface area contributed by atoms with Crippen molar-refractivity contribution >= 4 is 11.3 Å². The Hall–Kier alpha value is -1.37. The number of aryl methyl sites for hydroxylation is 1. The lowest BCUT2D eigenvalue weighted by Gasteiger charge is -2.24. The van der Waals surface area contributed by atoms with Gasteiger partial charge in [0.05, 0.1) is 17.3 Å². The van der Waals surface area contributed by atoms with E-state index in [0.717, 1.165) is 24.2 Å². The van der Waals surface area contributed by atoms with Crippen molar-refractivity contribution in [1.29, 1.82) is 0 Å². The van der Waals surface area contributed by atoms with Crippen LogP contribution in [0.5, 0.6) is 0 Å². The van der Waals surface area contributed by atoms with Crippen LogP contribution in [0.15, 0.2) is 23.7 Å². The maximum atomic E-state index is 14.0. The van der Waals surface area contributed by atoms with Crippen LogP contribution in [0.4, 0.5) is 8.78 Å². The molecule has 1 N–H and O–H groups in total. The molecule has 0 saturated carbocycles. The summed E-state index contributed by atoms with van der Waals surface area (Å²) >= 11 is 1.60. The molecule has 2 heterocycles. The predicted octanol–water partition coefficient (Wildman–Crippen LogP) is 3.08. The largest absolute Gasteiger partial charge is 0.392 e. The highest BCUT2D eigenvalue weighted by Crippen LogP contribution is 2.34. The Morgan fingerprint density at radius 1 is 1.41 bits per heavy atom. The van der Waals surface area contributed by atoms with Gasteiger partial charge in [-0.05, 0) is 38.0 Å². The van der Waals surface area contributed by atoms with E-state index in [9.17, 15) is 13.9 Å². The van der Waals surface area contributed by atoms with Crippen LogP contribution in [0.2, 0.25) is 0 Å². The van der Waals surface area contributed by atoms with Gasteiger partial charge in [0.25, 0.3) is 0 Å². The van der Waals surface area contributed by atoms with E-state index in [4.69, 9.17) is 0 Å². The lowest BCUT2D eigenvalue weighted by molar-refractivity contribution is 0.175. The second kappa shape index (κ2) is 6.40. The molecule has 3 rings (SSSR count). The van der Waals surface area contributed by atoms with Crippen molar-refractivity contribution in [2.45, 2.75) is 31.9 Å². The molecule has 0 bridgehead atoms. The fourth-order valence-corrected chi connectivity index (χ4v) is 3.80. The molecular formula is C16H18F2N2OS. The molecule has 3 nitrogen and oxygen atoms in total. The number of aliphatic hydroxyl groups excluding tert-OH is 1. The molecule has 1 saturated heterocycles. The summed E-state index contributed by atoms with van der Waals surface area (Å²) < 4.78 is 27.4. The molecule has 1 aliphatic rings. The summed E-state index contributed by atoms with van der Waals surface area (Å²) in [6, 6.07) is 3.23. The Morgan fingerprint density at radius 3 is 2.95 bits per heavy atom. The summed E-state index contributed by atoms with van der Waals surface area (Å²) in [6.07, 6.45) is 0.730.